The molecule has 0 radical (unpaired) electrons. The quantitative estimate of drug-likeness (QED) is 0.899. The number of halogens is 1. The summed E-state index contributed by atoms with van der Waals surface area (Å²) in [4.78, 5) is 23.3. The van der Waals surface area contributed by atoms with Gasteiger partial charge in [-0.1, -0.05) is 23.8 Å². The zero-order chi connectivity index (χ0) is 14.7. The van der Waals surface area contributed by atoms with E-state index in [1.165, 1.54) is 6.07 Å². The summed E-state index contributed by atoms with van der Waals surface area (Å²) in [7, 11) is 0. The molecule has 2 aromatic rings. The van der Waals surface area contributed by atoms with Gasteiger partial charge < -0.3 is 10.4 Å². The van der Waals surface area contributed by atoms with E-state index in [1.54, 1.807) is 24.3 Å². The van der Waals surface area contributed by atoms with Crippen LogP contribution >= 0.6 is 15.9 Å². The maximum atomic E-state index is 12.1. The van der Waals surface area contributed by atoms with Crippen LogP contribution in [0.3, 0.4) is 0 Å². The minimum atomic E-state index is -1.09. The van der Waals surface area contributed by atoms with E-state index in [0.717, 1.165) is 5.56 Å². The number of hydrogen-bond donors (Lipinski definition) is 2. The Labute approximate surface area is 124 Å². The molecule has 0 aliphatic heterocycles. The summed E-state index contributed by atoms with van der Waals surface area (Å²) >= 11 is 3.25. The first-order chi connectivity index (χ1) is 9.49. The first-order valence-electron chi connectivity index (χ1n) is 5.89. The molecule has 102 valence electrons. The van der Waals surface area contributed by atoms with Crippen molar-refractivity contribution in [1.82, 2.24) is 0 Å². The molecular formula is C15H12BrNO3. The Balaban J connectivity index is 2.32. The molecule has 20 heavy (non-hydrogen) atoms. The number of rotatable bonds is 3. The zero-order valence-corrected chi connectivity index (χ0v) is 12.3. The van der Waals surface area contributed by atoms with Gasteiger partial charge in [0.2, 0.25) is 0 Å². The van der Waals surface area contributed by atoms with Crippen molar-refractivity contribution >= 4 is 33.5 Å². The minimum absolute atomic E-state index is 0.0415. The van der Waals surface area contributed by atoms with Gasteiger partial charge in [-0.3, -0.25) is 4.79 Å². The summed E-state index contributed by atoms with van der Waals surface area (Å²) in [6.07, 6.45) is 0. The van der Waals surface area contributed by atoms with Crippen LogP contribution in [-0.2, 0) is 0 Å². The maximum absolute atomic E-state index is 12.1. The van der Waals surface area contributed by atoms with Crippen molar-refractivity contribution in [3.63, 3.8) is 0 Å². The van der Waals surface area contributed by atoms with Crippen molar-refractivity contribution in [3.8, 4) is 0 Å². The van der Waals surface area contributed by atoms with Crippen molar-refractivity contribution in [1.29, 1.82) is 0 Å². The fourth-order valence-electron chi connectivity index (χ4n) is 1.72. The third kappa shape index (κ3) is 3.05. The van der Waals surface area contributed by atoms with Crippen LogP contribution in [0.25, 0.3) is 0 Å². The number of carbonyl (C=O) groups excluding carboxylic acids is 1. The van der Waals surface area contributed by atoms with Gasteiger partial charge in [0.1, 0.15) is 0 Å². The van der Waals surface area contributed by atoms with Crippen LogP contribution in [0.4, 0.5) is 5.69 Å². The van der Waals surface area contributed by atoms with Gasteiger partial charge in [-0.25, -0.2) is 4.79 Å². The molecule has 0 fully saturated rings. The van der Waals surface area contributed by atoms with E-state index in [2.05, 4.69) is 21.2 Å². The Kier molecular flexibility index (Phi) is 4.20. The molecule has 0 aliphatic carbocycles. The van der Waals surface area contributed by atoms with Gasteiger partial charge in [-0.05, 0) is 47.1 Å². The zero-order valence-electron chi connectivity index (χ0n) is 10.7. The number of nitrogens with one attached hydrogen (secondary N) is 1. The number of aryl methyl sites for hydroxylation is 1. The summed E-state index contributed by atoms with van der Waals surface area (Å²) in [5, 5.41) is 11.8. The predicted molar refractivity (Wildman–Crippen MR) is 80.2 cm³/mol. The smallest absolute Gasteiger partial charge is 0.337 e. The lowest BCUT2D eigenvalue weighted by Crippen LogP contribution is -2.15. The number of para-hydroxylation sites is 1. The first kappa shape index (κ1) is 14.3. The molecule has 2 N–H and O–H groups in total. The predicted octanol–water partition coefficient (Wildman–Crippen LogP) is 3.71. The average molecular weight is 334 g/mol. The molecule has 5 heteroatoms. The van der Waals surface area contributed by atoms with Gasteiger partial charge in [0.25, 0.3) is 5.91 Å². The van der Waals surface area contributed by atoms with Crippen LogP contribution < -0.4 is 5.32 Å². The lowest BCUT2D eigenvalue weighted by Gasteiger charge is -2.10. The molecule has 0 saturated carbocycles. The van der Waals surface area contributed by atoms with Gasteiger partial charge in [0.05, 0.1) is 11.3 Å². The normalized spacial score (nSPS) is 10.1. The highest BCUT2D eigenvalue weighted by Gasteiger charge is 2.15. The van der Waals surface area contributed by atoms with Gasteiger partial charge in [0.15, 0.2) is 0 Å². The minimum Gasteiger partial charge on any atom is -0.478 e. The Hall–Kier alpha value is -2.14. The second kappa shape index (κ2) is 5.88. The molecule has 0 bridgehead atoms. The first-order valence-corrected chi connectivity index (χ1v) is 6.68. The highest BCUT2D eigenvalue weighted by molar-refractivity contribution is 9.10. The molecule has 0 heterocycles. The number of carbonyl (C=O) groups is 2. The standard InChI is InChI=1S/C15H12BrNO3/c1-9-5-7-10(8-6-9)14(18)17-13-11(15(19)20)3-2-4-12(13)16/h2-8H,1H3,(H,17,18)(H,19,20). The number of anilines is 1. The SMILES string of the molecule is Cc1ccc(C(=O)Nc2c(Br)cccc2C(=O)O)cc1. The van der Waals surface area contributed by atoms with E-state index in [1.807, 2.05) is 19.1 Å². The summed E-state index contributed by atoms with van der Waals surface area (Å²) < 4.78 is 0.526. The molecule has 4 nitrogen and oxygen atoms in total. The summed E-state index contributed by atoms with van der Waals surface area (Å²) in [5.74, 6) is -1.44. The van der Waals surface area contributed by atoms with Crippen molar-refractivity contribution in [2.75, 3.05) is 5.32 Å². The fraction of sp³-hybridized carbons (Fsp3) is 0.0667. The van der Waals surface area contributed by atoms with Crippen LogP contribution in [0.15, 0.2) is 46.9 Å². The van der Waals surface area contributed by atoms with E-state index in [-0.39, 0.29) is 17.2 Å². The number of amides is 1. The molecule has 2 rings (SSSR count). The lowest BCUT2D eigenvalue weighted by molar-refractivity contribution is 0.0698. The molecule has 0 aromatic heterocycles. The summed E-state index contributed by atoms with van der Waals surface area (Å²) in [6.45, 7) is 1.93. The summed E-state index contributed by atoms with van der Waals surface area (Å²) in [6, 6.07) is 11.8. The van der Waals surface area contributed by atoms with E-state index < -0.39 is 5.97 Å². The van der Waals surface area contributed by atoms with E-state index in [4.69, 9.17) is 5.11 Å². The van der Waals surface area contributed by atoms with Crippen molar-refractivity contribution < 1.29 is 14.7 Å². The molecule has 0 unspecified atom stereocenters. The van der Waals surface area contributed by atoms with E-state index in [9.17, 15) is 9.59 Å². The third-order valence-electron chi connectivity index (χ3n) is 2.80. The molecule has 0 aliphatic rings. The van der Waals surface area contributed by atoms with Gasteiger partial charge in [-0.2, -0.15) is 0 Å². The molecule has 2 aromatic carbocycles. The largest absolute Gasteiger partial charge is 0.478 e. The van der Waals surface area contributed by atoms with Crippen LogP contribution in [0, 0.1) is 6.92 Å². The van der Waals surface area contributed by atoms with Crippen LogP contribution in [0.2, 0.25) is 0 Å². The van der Waals surface area contributed by atoms with Crippen molar-refractivity contribution in [3.05, 3.63) is 63.6 Å². The number of carboxylic acid groups (broad SMARTS) is 1. The molecule has 1 amide bonds. The molecule has 0 atom stereocenters. The van der Waals surface area contributed by atoms with Gasteiger partial charge in [-0.15, -0.1) is 0 Å². The highest BCUT2D eigenvalue weighted by atomic mass is 79.9. The monoisotopic (exact) mass is 333 g/mol. The van der Waals surface area contributed by atoms with Crippen LogP contribution in [0.5, 0.6) is 0 Å². The Morgan fingerprint density at radius 3 is 2.35 bits per heavy atom. The number of aromatic carboxylic acids is 1. The Morgan fingerprint density at radius 1 is 1.10 bits per heavy atom. The van der Waals surface area contributed by atoms with E-state index in [0.29, 0.717) is 10.0 Å². The highest BCUT2D eigenvalue weighted by Crippen LogP contribution is 2.27. The molecule has 0 spiro atoms. The van der Waals surface area contributed by atoms with Crippen LogP contribution in [-0.4, -0.2) is 17.0 Å². The number of hydrogen-bond acceptors (Lipinski definition) is 2. The topological polar surface area (TPSA) is 66.4 Å². The second-order valence-electron chi connectivity index (χ2n) is 4.29. The Morgan fingerprint density at radius 2 is 1.75 bits per heavy atom. The summed E-state index contributed by atoms with van der Waals surface area (Å²) in [5.41, 5.74) is 1.82. The lowest BCUT2D eigenvalue weighted by atomic mass is 10.1. The second-order valence-corrected chi connectivity index (χ2v) is 5.14. The van der Waals surface area contributed by atoms with Gasteiger partial charge in [0, 0.05) is 10.0 Å². The van der Waals surface area contributed by atoms with E-state index >= 15 is 0 Å². The molecular weight excluding hydrogens is 322 g/mol. The van der Waals surface area contributed by atoms with Gasteiger partial charge >= 0.3 is 5.97 Å². The molecule has 0 saturated heterocycles. The maximum Gasteiger partial charge on any atom is 0.337 e. The van der Waals surface area contributed by atoms with Crippen molar-refractivity contribution in [2.45, 2.75) is 6.92 Å². The van der Waals surface area contributed by atoms with Crippen molar-refractivity contribution in [2.24, 2.45) is 0 Å². The Bertz CT molecular complexity index is 665. The number of carboxylic acids is 1. The third-order valence-corrected chi connectivity index (χ3v) is 3.46. The average Bonchev–Trinajstić information content (AvgIpc) is 2.41. The number of benzene rings is 2. The fourth-order valence-corrected chi connectivity index (χ4v) is 2.19. The van der Waals surface area contributed by atoms with Crippen LogP contribution in [0.1, 0.15) is 26.3 Å².